The lowest BCUT2D eigenvalue weighted by molar-refractivity contribution is -0.150. The number of ether oxygens (including phenoxy) is 1. The van der Waals surface area contributed by atoms with Gasteiger partial charge in [-0.1, -0.05) is 75.7 Å². The van der Waals surface area contributed by atoms with E-state index in [0.29, 0.717) is 12.8 Å². The second-order valence-electron chi connectivity index (χ2n) is 10.1. The molecule has 0 saturated heterocycles. The average molecular weight is 481 g/mol. The van der Waals surface area contributed by atoms with Gasteiger partial charge in [0.2, 0.25) is 5.91 Å². The number of amides is 2. The van der Waals surface area contributed by atoms with Crippen LogP contribution in [0.15, 0.2) is 48.5 Å². The Hall–Kier alpha value is -3.35. The highest BCUT2D eigenvalue weighted by Crippen LogP contribution is 2.44. The van der Waals surface area contributed by atoms with Crippen LogP contribution in [0, 0.1) is 11.3 Å². The van der Waals surface area contributed by atoms with Crippen LogP contribution >= 0.6 is 0 Å². The van der Waals surface area contributed by atoms with Crippen LogP contribution in [0.4, 0.5) is 4.79 Å². The summed E-state index contributed by atoms with van der Waals surface area (Å²) in [5, 5.41) is 15.2. The van der Waals surface area contributed by atoms with Crippen LogP contribution in [0.25, 0.3) is 11.1 Å². The van der Waals surface area contributed by atoms with Crippen molar-refractivity contribution in [2.75, 3.05) is 6.61 Å². The van der Waals surface area contributed by atoms with Crippen LogP contribution in [0.3, 0.4) is 0 Å². The number of carbonyl (C=O) groups excluding carboxylic acids is 2. The molecule has 2 atom stereocenters. The topological polar surface area (TPSA) is 105 Å². The fourth-order valence-corrected chi connectivity index (χ4v) is 4.91. The summed E-state index contributed by atoms with van der Waals surface area (Å²) in [6.45, 7) is 8.98. The lowest BCUT2D eigenvalue weighted by Gasteiger charge is -2.35. The third-order valence-electron chi connectivity index (χ3n) is 6.82. The van der Waals surface area contributed by atoms with E-state index in [4.69, 9.17) is 4.74 Å². The standard InChI is InChI=1S/C28H36N2O5/c1-6-11-23(25(31)30-24(17(2)3)28(4,5)26(32)33)29-27(34)35-16-22-20-14-9-7-12-18(20)19-13-8-10-15-21(19)22/h7-10,12-15,17,22-24H,6,11,16H2,1-5H3,(H,29,34)(H,30,31)(H,32,33)/t23-,24?/m0/s1. The summed E-state index contributed by atoms with van der Waals surface area (Å²) in [6, 6.07) is 14.8. The number of aliphatic carboxylic acids is 1. The van der Waals surface area contributed by atoms with E-state index in [0.717, 1.165) is 22.3 Å². The number of hydrogen-bond donors (Lipinski definition) is 3. The van der Waals surface area contributed by atoms with Crippen molar-refractivity contribution < 1.29 is 24.2 Å². The lowest BCUT2D eigenvalue weighted by atomic mass is 9.78. The predicted molar refractivity (Wildman–Crippen MR) is 135 cm³/mol. The molecule has 2 aromatic carbocycles. The van der Waals surface area contributed by atoms with E-state index in [9.17, 15) is 19.5 Å². The van der Waals surface area contributed by atoms with Crippen LogP contribution in [0.5, 0.6) is 0 Å². The van der Waals surface area contributed by atoms with Gasteiger partial charge < -0.3 is 20.5 Å². The molecule has 3 N–H and O–H groups in total. The molecule has 2 aromatic rings. The molecule has 7 nitrogen and oxygen atoms in total. The zero-order valence-electron chi connectivity index (χ0n) is 21.1. The second kappa shape index (κ2) is 10.9. The molecule has 0 aromatic heterocycles. The maximum Gasteiger partial charge on any atom is 0.407 e. The van der Waals surface area contributed by atoms with E-state index in [1.807, 2.05) is 57.2 Å². The van der Waals surface area contributed by atoms with E-state index in [1.165, 1.54) is 0 Å². The number of fused-ring (bicyclic) bond motifs is 3. The fraction of sp³-hybridized carbons (Fsp3) is 0.464. The Balaban J connectivity index is 1.67. The molecule has 35 heavy (non-hydrogen) atoms. The Bertz CT molecular complexity index is 1030. The molecule has 0 heterocycles. The molecule has 0 bridgehead atoms. The average Bonchev–Trinajstić information content (AvgIpc) is 3.14. The zero-order chi connectivity index (χ0) is 25.8. The third-order valence-corrected chi connectivity index (χ3v) is 6.82. The third kappa shape index (κ3) is 5.66. The number of benzene rings is 2. The van der Waals surface area contributed by atoms with Crippen LogP contribution < -0.4 is 10.6 Å². The summed E-state index contributed by atoms with van der Waals surface area (Å²) >= 11 is 0. The minimum absolute atomic E-state index is 0.0757. The van der Waals surface area contributed by atoms with Crippen molar-refractivity contribution in [3.63, 3.8) is 0 Å². The maximum absolute atomic E-state index is 13.1. The first kappa shape index (κ1) is 26.3. The van der Waals surface area contributed by atoms with Crippen molar-refractivity contribution in [1.29, 1.82) is 0 Å². The van der Waals surface area contributed by atoms with Crippen molar-refractivity contribution in [2.45, 2.75) is 65.5 Å². The fourth-order valence-electron chi connectivity index (χ4n) is 4.91. The minimum atomic E-state index is -1.16. The molecular formula is C28H36N2O5. The number of carboxylic acid groups (broad SMARTS) is 1. The molecule has 0 saturated carbocycles. The lowest BCUT2D eigenvalue weighted by Crippen LogP contribution is -2.56. The molecule has 1 aliphatic carbocycles. The van der Waals surface area contributed by atoms with Crippen molar-refractivity contribution >= 4 is 18.0 Å². The predicted octanol–water partition coefficient (Wildman–Crippen LogP) is 4.95. The van der Waals surface area contributed by atoms with E-state index in [-0.39, 0.29) is 18.4 Å². The van der Waals surface area contributed by atoms with E-state index < -0.39 is 35.5 Å². The van der Waals surface area contributed by atoms with Crippen molar-refractivity contribution in [3.05, 3.63) is 59.7 Å². The Kier molecular flexibility index (Phi) is 8.20. The Morgan fingerprint density at radius 1 is 0.971 bits per heavy atom. The van der Waals surface area contributed by atoms with E-state index in [2.05, 4.69) is 22.8 Å². The smallest absolute Gasteiger partial charge is 0.407 e. The summed E-state index contributed by atoms with van der Waals surface area (Å²) in [7, 11) is 0. The molecule has 0 fully saturated rings. The van der Waals surface area contributed by atoms with E-state index in [1.54, 1.807) is 13.8 Å². The van der Waals surface area contributed by atoms with Crippen molar-refractivity contribution in [2.24, 2.45) is 11.3 Å². The monoisotopic (exact) mass is 480 g/mol. The van der Waals surface area contributed by atoms with Gasteiger partial charge in [-0.25, -0.2) is 4.79 Å². The minimum Gasteiger partial charge on any atom is -0.481 e. The van der Waals surface area contributed by atoms with Gasteiger partial charge in [0, 0.05) is 12.0 Å². The summed E-state index contributed by atoms with van der Waals surface area (Å²) in [5.41, 5.74) is 3.34. The highest BCUT2D eigenvalue weighted by Gasteiger charge is 2.40. The van der Waals surface area contributed by atoms with Gasteiger partial charge in [-0.2, -0.15) is 0 Å². The van der Waals surface area contributed by atoms with Gasteiger partial charge in [0.05, 0.1) is 5.41 Å². The summed E-state index contributed by atoms with van der Waals surface area (Å²) in [5.74, 6) is -1.59. The second-order valence-corrected chi connectivity index (χ2v) is 10.1. The van der Waals surface area contributed by atoms with Crippen LogP contribution in [0.1, 0.15) is 64.5 Å². The SMILES string of the molecule is CCC[C@H](NC(=O)OCC1c2ccccc2-c2ccccc21)C(=O)NC(C(C)C)C(C)(C)C(=O)O. The molecule has 1 unspecified atom stereocenters. The van der Waals surface area contributed by atoms with Crippen LogP contribution in [-0.4, -0.2) is 41.8 Å². The van der Waals surface area contributed by atoms with Crippen molar-refractivity contribution in [3.8, 4) is 11.1 Å². The van der Waals surface area contributed by atoms with Crippen LogP contribution in [-0.2, 0) is 14.3 Å². The largest absolute Gasteiger partial charge is 0.481 e. The zero-order valence-corrected chi connectivity index (χ0v) is 21.1. The quantitative estimate of drug-likeness (QED) is 0.447. The molecule has 1 aliphatic rings. The van der Waals surface area contributed by atoms with Crippen molar-refractivity contribution in [1.82, 2.24) is 10.6 Å². The Morgan fingerprint density at radius 2 is 1.51 bits per heavy atom. The highest BCUT2D eigenvalue weighted by molar-refractivity contribution is 5.87. The normalized spacial score (nSPS) is 14.6. The number of nitrogens with one attached hydrogen (secondary N) is 2. The van der Waals surface area contributed by atoms with Gasteiger partial charge in [0.25, 0.3) is 0 Å². The molecule has 0 radical (unpaired) electrons. The first-order chi connectivity index (χ1) is 16.6. The molecule has 188 valence electrons. The number of rotatable bonds is 10. The van der Waals surface area contributed by atoms with Gasteiger partial charge in [0.15, 0.2) is 0 Å². The number of alkyl carbamates (subject to hydrolysis) is 1. The number of carbonyl (C=O) groups is 3. The first-order valence-electron chi connectivity index (χ1n) is 12.2. The van der Waals surface area contributed by atoms with Gasteiger partial charge >= 0.3 is 12.1 Å². The first-order valence-corrected chi connectivity index (χ1v) is 12.2. The molecule has 0 spiro atoms. The maximum atomic E-state index is 13.1. The highest BCUT2D eigenvalue weighted by atomic mass is 16.5. The van der Waals surface area contributed by atoms with Gasteiger partial charge in [0.1, 0.15) is 12.6 Å². The molecular weight excluding hydrogens is 444 g/mol. The van der Waals surface area contributed by atoms with Gasteiger partial charge in [-0.15, -0.1) is 0 Å². The Morgan fingerprint density at radius 3 is 2.00 bits per heavy atom. The van der Waals surface area contributed by atoms with E-state index >= 15 is 0 Å². The molecule has 3 rings (SSSR count). The summed E-state index contributed by atoms with van der Waals surface area (Å²) in [4.78, 5) is 37.6. The van der Waals surface area contributed by atoms with Gasteiger partial charge in [-0.3, -0.25) is 9.59 Å². The molecule has 7 heteroatoms. The summed E-state index contributed by atoms with van der Waals surface area (Å²) in [6.07, 6.45) is 0.407. The number of carboxylic acids is 1. The molecule has 2 amide bonds. The van der Waals surface area contributed by atoms with Gasteiger partial charge in [-0.05, 0) is 48.4 Å². The number of hydrogen-bond acceptors (Lipinski definition) is 4. The Labute approximate surface area is 207 Å². The van der Waals surface area contributed by atoms with Crippen LogP contribution in [0.2, 0.25) is 0 Å². The summed E-state index contributed by atoms with van der Waals surface area (Å²) < 4.78 is 5.60. The molecule has 0 aliphatic heterocycles.